The molecule has 1 amide bonds. The molecular weight excluding hydrogens is 394 g/mol. The predicted octanol–water partition coefficient (Wildman–Crippen LogP) is 4.03. The molecule has 3 aromatic rings. The number of halogens is 1. The molecule has 1 aromatic heterocycles. The maximum atomic E-state index is 12.5. The minimum absolute atomic E-state index is 0.106. The number of methoxy groups -OCH3 is 3. The van der Waals surface area contributed by atoms with E-state index in [4.69, 9.17) is 25.8 Å². The zero-order chi connectivity index (χ0) is 20.5. The molecule has 2 aromatic carbocycles. The van der Waals surface area contributed by atoms with Gasteiger partial charge < -0.3 is 19.5 Å². The van der Waals surface area contributed by atoms with Gasteiger partial charge in [-0.1, -0.05) is 23.7 Å². The molecule has 8 heteroatoms. The molecule has 1 N–H and O–H groups in total. The predicted molar refractivity (Wildman–Crippen MR) is 110 cm³/mol. The van der Waals surface area contributed by atoms with Gasteiger partial charge in [-0.3, -0.25) is 4.79 Å². The zero-order valence-corrected chi connectivity index (χ0v) is 17.0. The Balaban J connectivity index is 1.85. The van der Waals surface area contributed by atoms with Gasteiger partial charge in [-0.15, -0.1) is 0 Å². The normalized spacial score (nSPS) is 15.4. The van der Waals surface area contributed by atoms with Crippen LogP contribution in [0.5, 0.6) is 17.2 Å². The van der Waals surface area contributed by atoms with Gasteiger partial charge in [0.25, 0.3) is 0 Å². The second-order valence-corrected chi connectivity index (χ2v) is 6.98. The van der Waals surface area contributed by atoms with Crippen LogP contribution in [-0.2, 0) is 4.79 Å². The molecule has 0 saturated carbocycles. The first-order chi connectivity index (χ1) is 14.1. The lowest BCUT2D eigenvalue weighted by Gasteiger charge is -2.25. The molecule has 4 rings (SSSR count). The molecule has 0 saturated heterocycles. The quantitative estimate of drug-likeness (QED) is 0.683. The topological polar surface area (TPSA) is 74.6 Å². The lowest BCUT2D eigenvalue weighted by molar-refractivity contribution is -0.116. The van der Waals surface area contributed by atoms with Gasteiger partial charge in [0.1, 0.15) is 5.82 Å². The second kappa shape index (κ2) is 7.67. The minimum atomic E-state index is -0.219. The summed E-state index contributed by atoms with van der Waals surface area (Å²) in [4.78, 5) is 12.5. The van der Waals surface area contributed by atoms with Crippen molar-refractivity contribution in [2.45, 2.75) is 12.3 Å². The zero-order valence-electron chi connectivity index (χ0n) is 16.2. The summed E-state index contributed by atoms with van der Waals surface area (Å²) in [5.41, 5.74) is 2.45. The Hall–Kier alpha value is -3.19. The summed E-state index contributed by atoms with van der Waals surface area (Å²) in [5.74, 6) is 1.86. The van der Waals surface area contributed by atoms with Gasteiger partial charge >= 0.3 is 0 Å². The third-order valence-corrected chi connectivity index (χ3v) is 5.31. The van der Waals surface area contributed by atoms with Crippen molar-refractivity contribution in [2.75, 3.05) is 26.6 Å². The van der Waals surface area contributed by atoms with E-state index < -0.39 is 0 Å². The summed E-state index contributed by atoms with van der Waals surface area (Å²) in [7, 11) is 4.69. The number of nitrogens with one attached hydrogen (secondary N) is 1. The molecule has 0 bridgehead atoms. The third-order valence-electron chi connectivity index (χ3n) is 4.99. The van der Waals surface area contributed by atoms with E-state index >= 15 is 0 Å². The van der Waals surface area contributed by atoms with Gasteiger partial charge in [0.15, 0.2) is 11.5 Å². The number of benzene rings is 2. The molecule has 1 aliphatic heterocycles. The number of carbonyl (C=O) groups is 1. The second-order valence-electron chi connectivity index (χ2n) is 6.58. The first kappa shape index (κ1) is 19.1. The fourth-order valence-electron chi connectivity index (χ4n) is 3.63. The fraction of sp³-hybridized carbons (Fsp3) is 0.238. The van der Waals surface area contributed by atoms with Crippen molar-refractivity contribution in [1.82, 2.24) is 9.78 Å². The Bertz CT molecular complexity index is 1050. The molecule has 1 aliphatic rings. The lowest BCUT2D eigenvalue weighted by Crippen LogP contribution is -2.24. The highest BCUT2D eigenvalue weighted by atomic mass is 35.5. The van der Waals surface area contributed by atoms with E-state index in [0.717, 1.165) is 11.1 Å². The van der Waals surface area contributed by atoms with Crippen molar-refractivity contribution in [3.63, 3.8) is 0 Å². The van der Waals surface area contributed by atoms with Crippen LogP contribution in [0.1, 0.15) is 23.5 Å². The highest BCUT2D eigenvalue weighted by Gasteiger charge is 2.32. The Labute approximate surface area is 173 Å². The highest BCUT2D eigenvalue weighted by Crippen LogP contribution is 2.45. The summed E-state index contributed by atoms with van der Waals surface area (Å²) in [6, 6.07) is 11.1. The van der Waals surface area contributed by atoms with Crippen LogP contribution in [0.3, 0.4) is 0 Å². The van der Waals surface area contributed by atoms with Crippen molar-refractivity contribution in [3.05, 3.63) is 58.7 Å². The molecule has 1 unspecified atom stereocenters. The van der Waals surface area contributed by atoms with E-state index in [0.29, 0.717) is 33.8 Å². The van der Waals surface area contributed by atoms with Crippen molar-refractivity contribution >= 4 is 23.3 Å². The first-order valence-electron chi connectivity index (χ1n) is 9.00. The Morgan fingerprint density at radius 3 is 2.41 bits per heavy atom. The van der Waals surface area contributed by atoms with Gasteiger partial charge in [0.2, 0.25) is 11.7 Å². The van der Waals surface area contributed by atoms with Crippen LogP contribution in [-0.4, -0.2) is 37.0 Å². The molecular formula is C21H20ClN3O4. The van der Waals surface area contributed by atoms with Crippen molar-refractivity contribution < 1.29 is 19.0 Å². The molecule has 1 atom stereocenters. The van der Waals surface area contributed by atoms with Gasteiger partial charge in [-0.05, 0) is 29.8 Å². The number of ether oxygens (including phenoxy) is 3. The van der Waals surface area contributed by atoms with Gasteiger partial charge in [0, 0.05) is 17.9 Å². The van der Waals surface area contributed by atoms with Crippen LogP contribution in [0.4, 0.5) is 5.82 Å². The summed E-state index contributed by atoms with van der Waals surface area (Å²) >= 11 is 6.34. The average molecular weight is 414 g/mol. The lowest BCUT2D eigenvalue weighted by atomic mass is 9.87. The van der Waals surface area contributed by atoms with E-state index in [1.165, 1.54) is 0 Å². The van der Waals surface area contributed by atoms with Crippen LogP contribution in [0, 0.1) is 0 Å². The van der Waals surface area contributed by atoms with Crippen molar-refractivity contribution in [1.29, 1.82) is 0 Å². The maximum absolute atomic E-state index is 12.5. The van der Waals surface area contributed by atoms with E-state index in [2.05, 4.69) is 10.4 Å². The number of rotatable bonds is 5. The number of fused-ring (bicyclic) bond motifs is 1. The largest absolute Gasteiger partial charge is 0.493 e. The molecule has 2 heterocycles. The standard InChI is InChI=1S/C21H20ClN3O4/c1-27-17-8-12(9-18(28-2)20(17)29-3)13-10-19(26)24-21-14(13)11-23-25(21)16-7-5-4-6-15(16)22/h4-9,11,13H,10H2,1-3H3,(H,24,26). The van der Waals surface area contributed by atoms with E-state index in [1.54, 1.807) is 38.3 Å². The smallest absolute Gasteiger partial charge is 0.226 e. The molecule has 0 radical (unpaired) electrons. The van der Waals surface area contributed by atoms with Crippen LogP contribution < -0.4 is 19.5 Å². The monoisotopic (exact) mass is 413 g/mol. The molecule has 0 fully saturated rings. The number of hydrogen-bond donors (Lipinski definition) is 1. The van der Waals surface area contributed by atoms with Crippen LogP contribution in [0.15, 0.2) is 42.6 Å². The summed E-state index contributed by atoms with van der Waals surface area (Å²) in [5, 5.41) is 7.96. The Morgan fingerprint density at radius 2 is 1.79 bits per heavy atom. The number of nitrogens with zero attached hydrogens (tertiary/aromatic N) is 2. The highest BCUT2D eigenvalue weighted by molar-refractivity contribution is 6.32. The van der Waals surface area contributed by atoms with Crippen molar-refractivity contribution in [2.24, 2.45) is 0 Å². The van der Waals surface area contributed by atoms with Gasteiger partial charge in [-0.2, -0.15) is 5.10 Å². The Morgan fingerprint density at radius 1 is 1.10 bits per heavy atom. The van der Waals surface area contributed by atoms with Crippen molar-refractivity contribution in [3.8, 4) is 22.9 Å². The van der Waals surface area contributed by atoms with E-state index in [9.17, 15) is 4.79 Å². The number of para-hydroxylation sites is 1. The first-order valence-corrected chi connectivity index (χ1v) is 9.37. The van der Waals surface area contributed by atoms with Gasteiger partial charge in [-0.25, -0.2) is 4.68 Å². The van der Waals surface area contributed by atoms with E-state index in [-0.39, 0.29) is 18.2 Å². The summed E-state index contributed by atoms with van der Waals surface area (Å²) < 4.78 is 18.0. The number of amides is 1. The van der Waals surface area contributed by atoms with E-state index in [1.807, 2.05) is 30.3 Å². The van der Waals surface area contributed by atoms with Crippen LogP contribution >= 0.6 is 11.6 Å². The fourth-order valence-corrected chi connectivity index (χ4v) is 3.84. The number of hydrogen-bond acceptors (Lipinski definition) is 5. The third kappa shape index (κ3) is 3.27. The molecule has 0 spiro atoms. The summed E-state index contributed by atoms with van der Waals surface area (Å²) in [6.07, 6.45) is 2.03. The Kier molecular flexibility index (Phi) is 5.07. The minimum Gasteiger partial charge on any atom is -0.493 e. The molecule has 150 valence electrons. The number of aromatic nitrogens is 2. The molecule has 7 nitrogen and oxygen atoms in total. The molecule has 0 aliphatic carbocycles. The summed E-state index contributed by atoms with van der Waals surface area (Å²) in [6.45, 7) is 0. The number of anilines is 1. The van der Waals surface area contributed by atoms with Crippen LogP contribution in [0.2, 0.25) is 5.02 Å². The number of carbonyl (C=O) groups excluding carboxylic acids is 1. The average Bonchev–Trinajstić information content (AvgIpc) is 3.15. The SMILES string of the molecule is COc1cc(C2CC(=O)Nc3c2cnn3-c2ccccc2Cl)cc(OC)c1OC. The molecule has 29 heavy (non-hydrogen) atoms. The van der Waals surface area contributed by atoms with Gasteiger partial charge in [0.05, 0.1) is 38.2 Å². The maximum Gasteiger partial charge on any atom is 0.226 e. The van der Waals surface area contributed by atoms with Crippen LogP contribution in [0.25, 0.3) is 5.69 Å².